The lowest BCUT2D eigenvalue weighted by molar-refractivity contribution is -0.288. The molecule has 1 aliphatic heterocycles. The zero-order chi connectivity index (χ0) is 42.7. The highest BCUT2D eigenvalue weighted by atomic mass is 16.6. The van der Waals surface area contributed by atoms with Crippen LogP contribution in [0.1, 0.15) is 61.4 Å². The number of amides is 1. The Morgan fingerprint density at radius 1 is 0.623 bits per heavy atom. The summed E-state index contributed by atoms with van der Waals surface area (Å²) in [5, 5.41) is 15.6. The Morgan fingerprint density at radius 3 is 1.56 bits per heavy atom. The molecule has 1 amide bonds. The van der Waals surface area contributed by atoms with Crippen LogP contribution in [0.25, 0.3) is 0 Å². The topological polar surface area (TPSA) is 105 Å². The molecule has 0 saturated carbocycles. The number of ether oxygens (including phenoxy) is 6. The van der Waals surface area contributed by atoms with Gasteiger partial charge in [0.2, 0.25) is 0 Å². The molecule has 0 spiro atoms. The third kappa shape index (κ3) is 15.1. The fraction of sp³-hybridized carbons (Fsp3) is 0.365. The van der Waals surface area contributed by atoms with Crippen LogP contribution >= 0.6 is 0 Å². The van der Waals surface area contributed by atoms with Crippen LogP contribution in [-0.2, 0) is 61.3 Å². The average molecular weight is 828 g/mol. The van der Waals surface area contributed by atoms with Crippen LogP contribution in [0.4, 0.5) is 4.79 Å². The molecule has 1 unspecified atom stereocenters. The van der Waals surface area contributed by atoms with Crippen molar-refractivity contribution in [3.8, 4) is 0 Å². The monoisotopic (exact) mass is 827 g/mol. The molecular formula is C52H61NO8. The molecule has 0 radical (unpaired) electrons. The van der Waals surface area contributed by atoms with Crippen molar-refractivity contribution >= 4 is 6.09 Å². The standard InChI is InChI=1S/C52H61NO8/c1-52(2,3)61-51(55)53-44(33-21-9-12-24-39-22-10-4-11-23-39)46(54)48-50(59-37-43-31-19-8-20-32-43)49(58-36-42-29-17-7-18-30-42)47(57-35-41-27-15-6-16-28-41)45(60-48)38-56-34-40-25-13-5-14-26-40/h4-11,13-23,25-32,44-50,54H,12,24,33-38H2,1-3H3,(H,53,55)/b21-9+/t44-,45+,46?,47-,48+,49-,50-/m0/s1. The summed E-state index contributed by atoms with van der Waals surface area (Å²) in [6.45, 7) is 6.66. The van der Waals surface area contributed by atoms with E-state index in [0.29, 0.717) is 13.0 Å². The lowest BCUT2D eigenvalue weighted by Gasteiger charge is -2.48. The summed E-state index contributed by atoms with van der Waals surface area (Å²) in [4.78, 5) is 13.5. The number of nitrogens with one attached hydrogen (secondary N) is 1. The minimum atomic E-state index is -1.28. The van der Waals surface area contributed by atoms with E-state index >= 15 is 0 Å². The van der Waals surface area contributed by atoms with Gasteiger partial charge in [-0.25, -0.2) is 4.79 Å². The van der Waals surface area contributed by atoms with E-state index in [1.807, 2.05) is 166 Å². The Balaban J connectivity index is 1.34. The Morgan fingerprint density at radius 2 is 1.07 bits per heavy atom. The third-order valence-corrected chi connectivity index (χ3v) is 10.4. The number of aryl methyl sites for hydroxylation is 1. The van der Waals surface area contributed by atoms with Crippen LogP contribution in [-0.4, -0.2) is 66.1 Å². The molecule has 1 heterocycles. The van der Waals surface area contributed by atoms with Gasteiger partial charge in [0.05, 0.1) is 39.1 Å². The molecule has 322 valence electrons. The number of hydrogen-bond acceptors (Lipinski definition) is 8. The molecule has 9 heteroatoms. The van der Waals surface area contributed by atoms with E-state index in [1.54, 1.807) is 0 Å². The number of carbonyl (C=O) groups is 1. The summed E-state index contributed by atoms with van der Waals surface area (Å²) in [7, 11) is 0. The highest BCUT2D eigenvalue weighted by molar-refractivity contribution is 5.68. The number of benzene rings is 5. The van der Waals surface area contributed by atoms with E-state index in [1.165, 1.54) is 5.56 Å². The van der Waals surface area contributed by atoms with Gasteiger partial charge in [-0.2, -0.15) is 0 Å². The number of aliphatic hydroxyl groups is 1. The number of rotatable bonds is 21. The fourth-order valence-corrected chi connectivity index (χ4v) is 7.33. The predicted octanol–water partition coefficient (Wildman–Crippen LogP) is 9.56. The van der Waals surface area contributed by atoms with Crippen molar-refractivity contribution in [1.29, 1.82) is 0 Å². The zero-order valence-electron chi connectivity index (χ0n) is 35.6. The number of carbonyl (C=O) groups excluding carboxylic acids is 1. The minimum Gasteiger partial charge on any atom is -0.444 e. The van der Waals surface area contributed by atoms with Gasteiger partial charge in [0.15, 0.2) is 0 Å². The molecule has 1 fully saturated rings. The number of allylic oxidation sites excluding steroid dienone is 1. The largest absolute Gasteiger partial charge is 0.444 e. The second-order valence-corrected chi connectivity index (χ2v) is 16.4. The number of aliphatic hydroxyl groups excluding tert-OH is 1. The van der Waals surface area contributed by atoms with Crippen LogP contribution in [0.2, 0.25) is 0 Å². The summed E-state index contributed by atoms with van der Waals surface area (Å²) < 4.78 is 39.6. The van der Waals surface area contributed by atoms with E-state index in [-0.39, 0.29) is 26.4 Å². The molecule has 5 aromatic rings. The van der Waals surface area contributed by atoms with E-state index < -0.39 is 54.4 Å². The average Bonchev–Trinajstić information content (AvgIpc) is 3.27. The van der Waals surface area contributed by atoms with Crippen LogP contribution < -0.4 is 5.32 Å². The van der Waals surface area contributed by atoms with Gasteiger partial charge in [-0.3, -0.25) is 0 Å². The van der Waals surface area contributed by atoms with Crippen LogP contribution in [0, 0.1) is 0 Å². The van der Waals surface area contributed by atoms with E-state index in [4.69, 9.17) is 28.4 Å². The quantitative estimate of drug-likeness (QED) is 0.0706. The first-order valence-electron chi connectivity index (χ1n) is 21.3. The Bertz CT molecular complexity index is 1990. The van der Waals surface area contributed by atoms with Gasteiger partial charge in [-0.1, -0.05) is 164 Å². The molecule has 0 bridgehead atoms. The third-order valence-electron chi connectivity index (χ3n) is 10.4. The van der Waals surface area contributed by atoms with E-state index in [9.17, 15) is 9.90 Å². The maximum atomic E-state index is 13.5. The fourth-order valence-electron chi connectivity index (χ4n) is 7.33. The predicted molar refractivity (Wildman–Crippen MR) is 238 cm³/mol. The van der Waals surface area contributed by atoms with Crippen LogP contribution in [0.15, 0.2) is 164 Å². The molecule has 1 aliphatic rings. The summed E-state index contributed by atoms with van der Waals surface area (Å²) in [5.74, 6) is 0. The highest BCUT2D eigenvalue weighted by Crippen LogP contribution is 2.34. The van der Waals surface area contributed by atoms with Crippen molar-refractivity contribution in [3.63, 3.8) is 0 Å². The van der Waals surface area contributed by atoms with Crippen LogP contribution in [0.5, 0.6) is 0 Å². The Hall–Kier alpha value is -5.13. The van der Waals surface area contributed by atoms with Gasteiger partial charge in [0, 0.05) is 0 Å². The molecule has 7 atom stereocenters. The lowest BCUT2D eigenvalue weighted by atomic mass is 9.88. The van der Waals surface area contributed by atoms with Gasteiger partial charge in [0.25, 0.3) is 0 Å². The molecule has 0 aliphatic carbocycles. The maximum Gasteiger partial charge on any atom is 0.407 e. The first-order chi connectivity index (χ1) is 29.7. The number of hydrogen-bond donors (Lipinski definition) is 2. The SMILES string of the molecule is CC(C)(C)OC(=O)N[C@@H](C/C=C/CCc1ccccc1)C(O)[C@H]1O[C@H](COCc2ccccc2)[C@H](OCc2ccccc2)[C@H](OCc2ccccc2)[C@H]1OCc1ccccc1. The van der Waals surface area contributed by atoms with Gasteiger partial charge in [-0.15, -0.1) is 0 Å². The van der Waals surface area contributed by atoms with Gasteiger partial charge >= 0.3 is 6.09 Å². The first kappa shape index (κ1) is 45.4. The number of alkyl carbamates (subject to hydrolysis) is 1. The van der Waals surface area contributed by atoms with Gasteiger partial charge < -0.3 is 38.8 Å². The maximum absolute atomic E-state index is 13.5. The molecule has 0 aromatic heterocycles. The molecule has 9 nitrogen and oxygen atoms in total. The molecule has 1 saturated heterocycles. The smallest absolute Gasteiger partial charge is 0.407 e. The zero-order valence-corrected chi connectivity index (χ0v) is 35.6. The summed E-state index contributed by atoms with van der Waals surface area (Å²) >= 11 is 0. The van der Waals surface area contributed by atoms with Crippen molar-refractivity contribution in [2.75, 3.05) is 6.61 Å². The molecular weight excluding hydrogens is 767 g/mol. The molecule has 5 aromatic carbocycles. The second kappa shape index (κ2) is 23.8. The second-order valence-electron chi connectivity index (χ2n) is 16.4. The minimum absolute atomic E-state index is 0.137. The Labute approximate surface area is 361 Å². The van der Waals surface area contributed by atoms with Crippen molar-refractivity contribution in [3.05, 3.63) is 192 Å². The summed E-state index contributed by atoms with van der Waals surface area (Å²) in [5.41, 5.74) is 4.38. The summed E-state index contributed by atoms with van der Waals surface area (Å²) in [6.07, 6.45) is 0.136. The Kier molecular flexibility index (Phi) is 17.7. The normalized spacial score (nSPS) is 20.2. The van der Waals surface area contributed by atoms with Crippen molar-refractivity contribution < 1.29 is 38.3 Å². The van der Waals surface area contributed by atoms with Crippen LogP contribution in [0.3, 0.4) is 0 Å². The van der Waals surface area contributed by atoms with Gasteiger partial charge in [-0.05, 0) is 67.9 Å². The van der Waals surface area contributed by atoms with E-state index in [2.05, 4.69) is 23.5 Å². The lowest BCUT2D eigenvalue weighted by Crippen LogP contribution is -2.66. The van der Waals surface area contributed by atoms with E-state index in [0.717, 1.165) is 35.1 Å². The summed E-state index contributed by atoms with van der Waals surface area (Å²) in [6, 6.07) is 49.2. The first-order valence-corrected chi connectivity index (χ1v) is 21.3. The van der Waals surface area contributed by atoms with Crippen molar-refractivity contribution in [2.45, 2.75) is 115 Å². The van der Waals surface area contributed by atoms with Crippen molar-refractivity contribution in [2.24, 2.45) is 0 Å². The molecule has 61 heavy (non-hydrogen) atoms. The molecule has 2 N–H and O–H groups in total. The highest BCUT2D eigenvalue weighted by Gasteiger charge is 2.52. The van der Waals surface area contributed by atoms with Gasteiger partial charge in [0.1, 0.15) is 42.2 Å². The molecule has 6 rings (SSSR count). The van der Waals surface area contributed by atoms with Crippen molar-refractivity contribution in [1.82, 2.24) is 5.32 Å².